The van der Waals surface area contributed by atoms with E-state index in [-0.39, 0.29) is 18.7 Å². The van der Waals surface area contributed by atoms with Gasteiger partial charge in [0.15, 0.2) is 5.81 Å². The first-order valence-corrected chi connectivity index (χ1v) is 11.4. The monoisotopic (exact) mass is 426 g/mol. The van der Waals surface area contributed by atoms with Crippen LogP contribution in [0.15, 0.2) is 12.1 Å². The molecular weight excluding hydrogens is 397 g/mol. The Hall–Kier alpha value is -1.88. The lowest BCUT2D eigenvalue weighted by molar-refractivity contribution is -0.139. The molecule has 9 nitrogen and oxygen atoms in total. The third-order valence-corrected chi connectivity index (χ3v) is 7.14. The number of aliphatic hydroxyl groups is 1. The number of carbonyl (C=O) groups is 3. The van der Waals surface area contributed by atoms with E-state index in [1.807, 2.05) is 4.72 Å². The quantitative estimate of drug-likeness (QED) is 0.311. The number of allylic oxidation sites excluding steroid dienone is 1. The van der Waals surface area contributed by atoms with Crippen LogP contribution in [0, 0.1) is 11.8 Å². The van der Waals surface area contributed by atoms with Crippen molar-refractivity contribution >= 4 is 34.9 Å². The van der Waals surface area contributed by atoms with Crippen molar-refractivity contribution in [3.63, 3.8) is 0 Å². The molecule has 0 aromatic rings. The van der Waals surface area contributed by atoms with Crippen LogP contribution in [-0.4, -0.2) is 68.3 Å². The molecule has 2 fully saturated rings. The maximum Gasteiger partial charge on any atom is 0.263 e. The van der Waals surface area contributed by atoms with Gasteiger partial charge in [0.2, 0.25) is 21.8 Å². The zero-order valence-corrected chi connectivity index (χ0v) is 17.4. The smallest absolute Gasteiger partial charge is 0.263 e. The minimum atomic E-state index is -3.52. The van der Waals surface area contributed by atoms with Gasteiger partial charge in [0.25, 0.3) is 7.28 Å². The Kier molecular flexibility index (Phi) is 8.27. The minimum absolute atomic E-state index is 0.178. The molecule has 0 heterocycles. The van der Waals surface area contributed by atoms with Crippen molar-refractivity contribution in [2.24, 2.45) is 17.6 Å². The van der Waals surface area contributed by atoms with Gasteiger partial charge in [-0.2, -0.15) is 0 Å². The zero-order valence-electron chi connectivity index (χ0n) is 16.6. The SMILES string of the molecule is CN(CCCC/C=C\[B]C(=O)NS(=O)(=O)C1CC1)C(=O)[C@@H]1C[C@H](O)C[C@H]1C(N)=O. The van der Waals surface area contributed by atoms with E-state index in [0.29, 0.717) is 25.8 Å². The van der Waals surface area contributed by atoms with Gasteiger partial charge >= 0.3 is 0 Å². The molecule has 0 spiro atoms. The summed E-state index contributed by atoms with van der Waals surface area (Å²) >= 11 is 0. The Morgan fingerprint density at radius 2 is 1.86 bits per heavy atom. The second-order valence-electron chi connectivity index (χ2n) is 7.80. The van der Waals surface area contributed by atoms with Gasteiger partial charge in [0.05, 0.1) is 23.2 Å². The average molecular weight is 426 g/mol. The maximum absolute atomic E-state index is 12.5. The van der Waals surface area contributed by atoms with Crippen molar-refractivity contribution < 1.29 is 27.9 Å². The number of carbonyl (C=O) groups excluding carboxylic acids is 3. The van der Waals surface area contributed by atoms with Crippen LogP contribution in [0.3, 0.4) is 0 Å². The van der Waals surface area contributed by atoms with Crippen LogP contribution in [0.4, 0.5) is 4.79 Å². The molecule has 0 aliphatic heterocycles. The molecule has 4 N–H and O–H groups in total. The molecule has 1 radical (unpaired) electrons. The van der Waals surface area contributed by atoms with Gasteiger partial charge in [-0.1, -0.05) is 6.08 Å². The molecule has 11 heteroatoms. The van der Waals surface area contributed by atoms with E-state index in [0.717, 1.165) is 12.8 Å². The molecule has 161 valence electrons. The van der Waals surface area contributed by atoms with Crippen LogP contribution in [0.1, 0.15) is 44.9 Å². The molecule has 0 saturated heterocycles. The summed E-state index contributed by atoms with van der Waals surface area (Å²) in [5.41, 5.74) is 5.34. The minimum Gasteiger partial charge on any atom is -0.393 e. The molecule has 0 unspecified atom stereocenters. The number of hydrogen-bond acceptors (Lipinski definition) is 6. The molecule has 0 aromatic heterocycles. The second kappa shape index (κ2) is 10.2. The van der Waals surface area contributed by atoms with Gasteiger partial charge in [0, 0.05) is 13.6 Å². The van der Waals surface area contributed by atoms with Crippen LogP contribution in [0.25, 0.3) is 0 Å². The number of rotatable bonds is 11. The van der Waals surface area contributed by atoms with Crippen LogP contribution < -0.4 is 10.5 Å². The molecule has 2 saturated carbocycles. The summed E-state index contributed by atoms with van der Waals surface area (Å²) in [4.78, 5) is 37.1. The highest BCUT2D eigenvalue weighted by Crippen LogP contribution is 2.33. The van der Waals surface area contributed by atoms with E-state index in [4.69, 9.17) is 5.73 Å². The lowest BCUT2D eigenvalue weighted by Gasteiger charge is -2.23. The largest absolute Gasteiger partial charge is 0.393 e. The highest BCUT2D eigenvalue weighted by molar-refractivity contribution is 7.91. The predicted molar refractivity (Wildman–Crippen MR) is 108 cm³/mol. The van der Waals surface area contributed by atoms with Gasteiger partial charge in [0.1, 0.15) is 0 Å². The first-order chi connectivity index (χ1) is 13.6. The Morgan fingerprint density at radius 3 is 2.48 bits per heavy atom. The summed E-state index contributed by atoms with van der Waals surface area (Å²) in [6, 6.07) is 0. The van der Waals surface area contributed by atoms with Crippen molar-refractivity contribution in [2.45, 2.75) is 56.3 Å². The molecule has 2 rings (SSSR count). The number of nitrogens with one attached hydrogen (secondary N) is 1. The Labute approximate surface area is 172 Å². The molecule has 0 bridgehead atoms. The molecule has 0 aromatic carbocycles. The van der Waals surface area contributed by atoms with Crippen LogP contribution in [0.5, 0.6) is 0 Å². The van der Waals surface area contributed by atoms with E-state index in [1.54, 1.807) is 18.0 Å². The number of primary amides is 1. The summed E-state index contributed by atoms with van der Waals surface area (Å²) in [7, 11) is -0.671. The first-order valence-electron chi connectivity index (χ1n) is 9.89. The number of sulfonamides is 1. The Balaban J connectivity index is 1.62. The highest BCUT2D eigenvalue weighted by Gasteiger charge is 2.42. The van der Waals surface area contributed by atoms with Crippen molar-refractivity contribution in [1.82, 2.24) is 9.62 Å². The van der Waals surface area contributed by atoms with Crippen LogP contribution >= 0.6 is 0 Å². The lowest BCUT2D eigenvalue weighted by atomic mass is 9.77. The van der Waals surface area contributed by atoms with E-state index in [9.17, 15) is 27.9 Å². The lowest BCUT2D eigenvalue weighted by Crippen LogP contribution is -2.39. The van der Waals surface area contributed by atoms with E-state index >= 15 is 0 Å². The fraction of sp³-hybridized carbons (Fsp3) is 0.722. The van der Waals surface area contributed by atoms with E-state index in [1.165, 1.54) is 13.3 Å². The summed E-state index contributed by atoms with van der Waals surface area (Å²) < 4.78 is 25.3. The number of nitrogens with two attached hydrogens (primary N) is 1. The highest BCUT2D eigenvalue weighted by atomic mass is 32.2. The van der Waals surface area contributed by atoms with E-state index in [2.05, 4.69) is 0 Å². The fourth-order valence-electron chi connectivity index (χ4n) is 3.49. The number of nitrogens with zero attached hydrogens (tertiary/aromatic N) is 1. The van der Waals surface area contributed by atoms with Gasteiger partial charge in [-0.25, -0.2) is 8.42 Å². The zero-order chi connectivity index (χ0) is 21.6. The molecule has 2 aliphatic carbocycles. The fourth-order valence-corrected chi connectivity index (χ4v) is 4.76. The third kappa shape index (κ3) is 7.15. The van der Waals surface area contributed by atoms with Crippen LogP contribution in [0.2, 0.25) is 0 Å². The van der Waals surface area contributed by atoms with E-state index < -0.39 is 44.9 Å². The number of hydrogen-bond donors (Lipinski definition) is 3. The number of amides is 3. The normalized spacial score (nSPS) is 24.4. The van der Waals surface area contributed by atoms with Crippen LogP contribution in [-0.2, 0) is 19.6 Å². The topological polar surface area (TPSA) is 147 Å². The number of unbranched alkanes of at least 4 members (excludes halogenated alkanes) is 2. The average Bonchev–Trinajstić information content (AvgIpc) is 3.42. The summed E-state index contributed by atoms with van der Waals surface area (Å²) in [5, 5.41) is 9.29. The van der Waals surface area contributed by atoms with Crippen molar-refractivity contribution in [1.29, 1.82) is 0 Å². The summed E-state index contributed by atoms with van der Waals surface area (Å²) in [6.45, 7) is 0.509. The van der Waals surface area contributed by atoms with Gasteiger partial charge in [-0.3, -0.25) is 19.1 Å². The van der Waals surface area contributed by atoms with Crippen molar-refractivity contribution in [3.05, 3.63) is 12.1 Å². The van der Waals surface area contributed by atoms with Crippen molar-refractivity contribution in [3.8, 4) is 0 Å². The standard InChI is InChI=1S/C18H29BN3O6S/c1-22(17(25)15-11-12(23)10-14(15)16(20)24)9-5-3-2-4-8-19-18(26)21-29(27,28)13-6-7-13/h4,8,12-15,23H,2-3,5-7,9-11H2,1H3,(H2,20,24)(H,21,26)/b8-4-/t12-,14-,15-/m1/s1. The molecule has 2 aliphatic rings. The Morgan fingerprint density at radius 1 is 1.21 bits per heavy atom. The molecule has 29 heavy (non-hydrogen) atoms. The Bertz CT molecular complexity index is 753. The van der Waals surface area contributed by atoms with Gasteiger partial charge < -0.3 is 15.7 Å². The number of aliphatic hydroxyl groups excluding tert-OH is 1. The summed E-state index contributed by atoms with van der Waals surface area (Å²) in [5.74, 6) is -1.04. The second-order valence-corrected chi connectivity index (χ2v) is 9.76. The van der Waals surface area contributed by atoms with Crippen molar-refractivity contribution in [2.75, 3.05) is 13.6 Å². The third-order valence-electron chi connectivity index (χ3n) is 5.30. The van der Waals surface area contributed by atoms with Gasteiger partial charge in [-0.15, -0.1) is 5.98 Å². The first kappa shape index (κ1) is 23.4. The molecule has 3 atom stereocenters. The van der Waals surface area contributed by atoms with Gasteiger partial charge in [-0.05, 0) is 44.9 Å². The molecular formula is C18H29BN3O6S. The molecule has 3 amide bonds. The maximum atomic E-state index is 12.5. The summed E-state index contributed by atoms with van der Waals surface area (Å²) in [6.07, 6.45) is 4.95. The predicted octanol–water partition coefficient (Wildman–Crippen LogP) is -0.0928.